The van der Waals surface area contributed by atoms with Gasteiger partial charge in [0.05, 0.1) is 24.7 Å². The molecule has 0 spiro atoms. The number of esters is 1. The second-order valence-electron chi connectivity index (χ2n) is 6.06. The monoisotopic (exact) mass is 351 g/mol. The summed E-state index contributed by atoms with van der Waals surface area (Å²) in [5.41, 5.74) is 0.474. The van der Waals surface area contributed by atoms with Crippen molar-refractivity contribution in [2.24, 2.45) is 5.92 Å². The Morgan fingerprint density at radius 3 is 2.67 bits per heavy atom. The van der Waals surface area contributed by atoms with E-state index in [4.69, 9.17) is 9.47 Å². The van der Waals surface area contributed by atoms with Gasteiger partial charge in [-0.2, -0.15) is 0 Å². The molecule has 24 heavy (non-hydrogen) atoms. The molecular weight excluding hydrogens is 326 g/mol. The smallest absolute Gasteiger partial charge is 0.329 e. The van der Waals surface area contributed by atoms with Crippen molar-refractivity contribution in [2.75, 3.05) is 19.5 Å². The minimum atomic E-state index is -0.550. The third-order valence-corrected chi connectivity index (χ3v) is 5.52. The fraction of sp³-hybridized carbons (Fsp3) is 0.556. The zero-order valence-electron chi connectivity index (χ0n) is 14.7. The predicted octanol–water partition coefficient (Wildman–Crippen LogP) is 3.19. The molecule has 1 aromatic carbocycles. The van der Waals surface area contributed by atoms with Crippen LogP contribution in [-0.2, 0) is 9.53 Å². The second-order valence-corrected chi connectivity index (χ2v) is 7.21. The van der Waals surface area contributed by atoms with Crippen molar-refractivity contribution in [3.8, 4) is 5.75 Å². The van der Waals surface area contributed by atoms with Crippen molar-refractivity contribution in [1.29, 1.82) is 0 Å². The normalized spacial score (nSPS) is 20.3. The summed E-state index contributed by atoms with van der Waals surface area (Å²) in [6, 6.07) is 6.56. The molecule has 1 aliphatic heterocycles. The molecule has 1 saturated heterocycles. The third kappa shape index (κ3) is 3.86. The maximum absolute atomic E-state index is 13.2. The number of para-hydroxylation sites is 1. The summed E-state index contributed by atoms with van der Waals surface area (Å²) in [5, 5.41) is -0.0541. The molecule has 0 radical (unpaired) electrons. The van der Waals surface area contributed by atoms with E-state index in [1.54, 1.807) is 34.9 Å². The van der Waals surface area contributed by atoms with Crippen LogP contribution in [-0.4, -0.2) is 47.7 Å². The van der Waals surface area contributed by atoms with E-state index in [0.717, 1.165) is 6.42 Å². The quantitative estimate of drug-likeness (QED) is 0.737. The molecule has 1 aliphatic rings. The number of ether oxygens (including phenoxy) is 2. The van der Waals surface area contributed by atoms with Crippen molar-refractivity contribution in [3.05, 3.63) is 29.8 Å². The molecule has 2 atom stereocenters. The van der Waals surface area contributed by atoms with E-state index < -0.39 is 6.04 Å². The van der Waals surface area contributed by atoms with Gasteiger partial charge in [0.15, 0.2) is 0 Å². The van der Waals surface area contributed by atoms with Crippen LogP contribution >= 0.6 is 11.8 Å². The van der Waals surface area contributed by atoms with Crippen molar-refractivity contribution in [2.45, 2.75) is 38.6 Å². The summed E-state index contributed by atoms with van der Waals surface area (Å²) in [6.07, 6.45) is 0.764. The van der Waals surface area contributed by atoms with Crippen molar-refractivity contribution < 1.29 is 19.1 Å². The maximum Gasteiger partial charge on any atom is 0.329 e. The van der Waals surface area contributed by atoms with Gasteiger partial charge < -0.3 is 14.4 Å². The molecule has 1 fully saturated rings. The van der Waals surface area contributed by atoms with Gasteiger partial charge in [-0.3, -0.25) is 4.79 Å². The van der Waals surface area contributed by atoms with E-state index in [1.807, 2.05) is 13.0 Å². The minimum Gasteiger partial charge on any atom is -0.496 e. The van der Waals surface area contributed by atoms with E-state index in [2.05, 4.69) is 13.8 Å². The first-order chi connectivity index (χ1) is 11.5. The molecule has 1 aromatic rings. The molecule has 1 heterocycles. The lowest BCUT2D eigenvalue weighted by molar-refractivity contribution is -0.148. The van der Waals surface area contributed by atoms with Gasteiger partial charge in [0.1, 0.15) is 11.8 Å². The Morgan fingerprint density at radius 1 is 1.33 bits per heavy atom. The van der Waals surface area contributed by atoms with Crippen LogP contribution in [0.1, 0.15) is 37.6 Å². The van der Waals surface area contributed by atoms with Crippen LogP contribution in [0.2, 0.25) is 0 Å². The van der Waals surface area contributed by atoms with E-state index in [9.17, 15) is 9.59 Å². The van der Waals surface area contributed by atoms with Gasteiger partial charge in [-0.15, -0.1) is 11.8 Å². The first kappa shape index (κ1) is 18.6. The lowest BCUT2D eigenvalue weighted by Gasteiger charge is -2.31. The zero-order valence-corrected chi connectivity index (χ0v) is 15.5. The topological polar surface area (TPSA) is 55.8 Å². The number of hydrogen-bond donors (Lipinski definition) is 0. The van der Waals surface area contributed by atoms with E-state index in [1.165, 1.54) is 7.11 Å². The zero-order chi connectivity index (χ0) is 17.7. The SMILES string of the molecule is CCCOC(=O)C1CSC(C(C)C)N1C(=O)c1ccccc1OC. The molecule has 1 amide bonds. The summed E-state index contributed by atoms with van der Waals surface area (Å²) in [4.78, 5) is 27.2. The molecule has 0 bridgehead atoms. The van der Waals surface area contributed by atoms with E-state index in [-0.39, 0.29) is 23.2 Å². The molecule has 0 saturated carbocycles. The highest BCUT2D eigenvalue weighted by Gasteiger charge is 2.44. The maximum atomic E-state index is 13.2. The molecule has 5 nitrogen and oxygen atoms in total. The molecule has 0 aliphatic carbocycles. The van der Waals surface area contributed by atoms with Crippen molar-refractivity contribution in [3.63, 3.8) is 0 Å². The Kier molecular flexibility index (Phi) is 6.54. The Morgan fingerprint density at radius 2 is 2.04 bits per heavy atom. The predicted molar refractivity (Wildman–Crippen MR) is 95.3 cm³/mol. The number of nitrogens with zero attached hydrogens (tertiary/aromatic N) is 1. The van der Waals surface area contributed by atoms with Gasteiger partial charge in [0.2, 0.25) is 0 Å². The van der Waals surface area contributed by atoms with Gasteiger partial charge >= 0.3 is 5.97 Å². The fourth-order valence-electron chi connectivity index (χ4n) is 2.74. The van der Waals surface area contributed by atoms with Crippen LogP contribution in [0.15, 0.2) is 24.3 Å². The number of benzene rings is 1. The summed E-state index contributed by atoms with van der Waals surface area (Å²) in [6.45, 7) is 6.44. The average Bonchev–Trinajstić information content (AvgIpc) is 3.04. The van der Waals surface area contributed by atoms with Crippen molar-refractivity contribution in [1.82, 2.24) is 4.90 Å². The van der Waals surface area contributed by atoms with E-state index in [0.29, 0.717) is 23.7 Å². The lowest BCUT2D eigenvalue weighted by atomic mass is 10.1. The molecular formula is C18H25NO4S. The molecule has 6 heteroatoms. The number of carbonyl (C=O) groups excluding carboxylic acids is 2. The Hall–Kier alpha value is -1.69. The number of rotatable bonds is 6. The highest BCUT2D eigenvalue weighted by Crippen LogP contribution is 2.36. The molecule has 2 rings (SSSR count). The summed E-state index contributed by atoms with van der Waals surface area (Å²) in [7, 11) is 1.54. The van der Waals surface area contributed by atoms with Gasteiger partial charge in [0, 0.05) is 5.75 Å². The number of amides is 1. The van der Waals surface area contributed by atoms with Gasteiger partial charge in [-0.1, -0.05) is 32.9 Å². The number of methoxy groups -OCH3 is 1. The van der Waals surface area contributed by atoms with Gasteiger partial charge in [0.25, 0.3) is 5.91 Å². The van der Waals surface area contributed by atoms with Crippen molar-refractivity contribution >= 4 is 23.6 Å². The van der Waals surface area contributed by atoms with Crippen LogP contribution in [0.3, 0.4) is 0 Å². The Labute approximate surface area is 147 Å². The average molecular weight is 351 g/mol. The second kappa shape index (κ2) is 8.42. The van der Waals surface area contributed by atoms with Gasteiger partial charge in [-0.25, -0.2) is 4.79 Å². The fourth-order valence-corrected chi connectivity index (χ4v) is 4.20. The van der Waals surface area contributed by atoms with Crippen LogP contribution in [0, 0.1) is 5.92 Å². The first-order valence-electron chi connectivity index (χ1n) is 8.25. The largest absolute Gasteiger partial charge is 0.496 e. The lowest BCUT2D eigenvalue weighted by Crippen LogP contribution is -2.47. The third-order valence-electron chi connectivity index (χ3n) is 3.90. The van der Waals surface area contributed by atoms with Crippen LogP contribution in [0.5, 0.6) is 5.75 Å². The summed E-state index contributed by atoms with van der Waals surface area (Å²) < 4.78 is 10.6. The Balaban J connectivity index is 2.32. The van der Waals surface area contributed by atoms with Crippen LogP contribution < -0.4 is 4.74 Å². The minimum absolute atomic E-state index is 0.0541. The standard InChI is InChI=1S/C18H25NO4S/c1-5-10-23-18(21)14-11-24-17(12(2)3)19(14)16(20)13-8-6-7-9-15(13)22-4/h6-9,12,14,17H,5,10-11H2,1-4H3. The molecule has 0 N–H and O–H groups in total. The highest BCUT2D eigenvalue weighted by molar-refractivity contribution is 8.00. The molecule has 0 aromatic heterocycles. The number of thioether (sulfide) groups is 1. The molecule has 132 valence electrons. The molecule has 2 unspecified atom stereocenters. The van der Waals surface area contributed by atoms with E-state index >= 15 is 0 Å². The first-order valence-corrected chi connectivity index (χ1v) is 9.30. The highest BCUT2D eigenvalue weighted by atomic mass is 32.2. The number of carbonyl (C=O) groups is 2. The van der Waals surface area contributed by atoms with Crippen LogP contribution in [0.25, 0.3) is 0 Å². The Bertz CT molecular complexity index is 590. The summed E-state index contributed by atoms with van der Waals surface area (Å²) in [5.74, 6) is 0.803. The number of hydrogen-bond acceptors (Lipinski definition) is 5. The summed E-state index contributed by atoms with van der Waals surface area (Å²) >= 11 is 1.63. The van der Waals surface area contributed by atoms with Crippen LogP contribution in [0.4, 0.5) is 0 Å². The van der Waals surface area contributed by atoms with Gasteiger partial charge in [-0.05, 0) is 24.5 Å².